The van der Waals surface area contributed by atoms with Crippen molar-refractivity contribution in [3.8, 4) is 0 Å². The Labute approximate surface area is 116 Å². The van der Waals surface area contributed by atoms with Crippen LogP contribution >= 0.6 is 0 Å². The van der Waals surface area contributed by atoms with Gasteiger partial charge in [-0.2, -0.15) is 0 Å². The van der Waals surface area contributed by atoms with Gasteiger partial charge < -0.3 is 5.32 Å². The highest BCUT2D eigenvalue weighted by atomic mass is 16.2. The van der Waals surface area contributed by atoms with Crippen molar-refractivity contribution in [2.75, 3.05) is 19.6 Å². The van der Waals surface area contributed by atoms with Crippen LogP contribution in [0.4, 0.5) is 0 Å². The SMILES string of the molecule is C=CCN(CC(=O)NCCCC)Cc1ccccc1. The van der Waals surface area contributed by atoms with E-state index in [1.807, 2.05) is 24.3 Å². The minimum Gasteiger partial charge on any atom is -0.355 e. The summed E-state index contributed by atoms with van der Waals surface area (Å²) in [7, 11) is 0. The van der Waals surface area contributed by atoms with Crippen molar-refractivity contribution in [3.05, 3.63) is 48.6 Å². The molecular weight excluding hydrogens is 236 g/mol. The second-order valence-electron chi connectivity index (χ2n) is 4.65. The van der Waals surface area contributed by atoms with Crippen molar-refractivity contribution in [2.24, 2.45) is 0 Å². The second kappa shape index (κ2) is 9.34. The van der Waals surface area contributed by atoms with Gasteiger partial charge in [-0.15, -0.1) is 6.58 Å². The van der Waals surface area contributed by atoms with Gasteiger partial charge in [-0.3, -0.25) is 9.69 Å². The number of hydrogen-bond donors (Lipinski definition) is 1. The molecule has 0 aliphatic rings. The first kappa shape index (κ1) is 15.4. The summed E-state index contributed by atoms with van der Waals surface area (Å²) in [6.07, 6.45) is 3.97. The largest absolute Gasteiger partial charge is 0.355 e. The Morgan fingerprint density at radius 1 is 1.37 bits per heavy atom. The van der Waals surface area contributed by atoms with Gasteiger partial charge >= 0.3 is 0 Å². The van der Waals surface area contributed by atoms with Crippen LogP contribution in [0.2, 0.25) is 0 Å². The Morgan fingerprint density at radius 2 is 2.11 bits per heavy atom. The number of benzene rings is 1. The maximum absolute atomic E-state index is 11.8. The molecule has 0 unspecified atom stereocenters. The fraction of sp³-hybridized carbons (Fsp3) is 0.438. The lowest BCUT2D eigenvalue weighted by atomic mass is 10.2. The minimum atomic E-state index is 0.0891. The van der Waals surface area contributed by atoms with Crippen molar-refractivity contribution >= 4 is 5.91 Å². The summed E-state index contributed by atoms with van der Waals surface area (Å²) >= 11 is 0. The van der Waals surface area contributed by atoms with E-state index in [0.717, 1.165) is 32.5 Å². The Hall–Kier alpha value is -1.61. The summed E-state index contributed by atoms with van der Waals surface area (Å²) in [5.41, 5.74) is 1.21. The average Bonchev–Trinajstić information content (AvgIpc) is 2.40. The maximum atomic E-state index is 11.8. The van der Waals surface area contributed by atoms with Crippen LogP contribution in [0.3, 0.4) is 0 Å². The zero-order chi connectivity index (χ0) is 13.9. The van der Waals surface area contributed by atoms with E-state index in [2.05, 4.69) is 35.9 Å². The van der Waals surface area contributed by atoms with E-state index in [-0.39, 0.29) is 5.91 Å². The van der Waals surface area contributed by atoms with Crippen molar-refractivity contribution in [1.29, 1.82) is 0 Å². The fourth-order valence-electron chi connectivity index (χ4n) is 1.87. The molecule has 0 saturated heterocycles. The Balaban J connectivity index is 2.43. The predicted octanol–water partition coefficient (Wildman–Crippen LogP) is 2.59. The number of rotatable bonds is 9. The Morgan fingerprint density at radius 3 is 2.74 bits per heavy atom. The summed E-state index contributed by atoms with van der Waals surface area (Å²) in [4.78, 5) is 13.9. The molecule has 0 aromatic heterocycles. The number of carbonyl (C=O) groups excluding carboxylic acids is 1. The zero-order valence-electron chi connectivity index (χ0n) is 11.8. The van der Waals surface area contributed by atoms with Crippen molar-refractivity contribution in [1.82, 2.24) is 10.2 Å². The summed E-state index contributed by atoms with van der Waals surface area (Å²) < 4.78 is 0. The van der Waals surface area contributed by atoms with E-state index >= 15 is 0 Å². The molecule has 1 rings (SSSR count). The number of unbranched alkanes of at least 4 members (excludes halogenated alkanes) is 1. The molecule has 0 saturated carbocycles. The molecule has 104 valence electrons. The molecule has 1 amide bonds. The molecule has 0 radical (unpaired) electrons. The van der Waals surface area contributed by atoms with Crippen LogP contribution in [0.1, 0.15) is 25.3 Å². The summed E-state index contributed by atoms with van der Waals surface area (Å²) in [5, 5.41) is 2.94. The third kappa shape index (κ3) is 6.77. The standard InChI is InChI=1S/C16H24N2O/c1-3-5-11-17-16(19)14-18(12-4-2)13-15-9-7-6-8-10-15/h4,6-10H,2-3,5,11-14H2,1H3,(H,17,19). The number of carbonyl (C=O) groups is 1. The first-order valence-corrected chi connectivity index (χ1v) is 6.90. The van der Waals surface area contributed by atoms with Gasteiger partial charge in [0.2, 0.25) is 5.91 Å². The molecular formula is C16H24N2O. The van der Waals surface area contributed by atoms with E-state index in [1.165, 1.54) is 5.56 Å². The fourth-order valence-corrected chi connectivity index (χ4v) is 1.87. The third-order valence-electron chi connectivity index (χ3n) is 2.86. The Bertz CT molecular complexity index is 376. The van der Waals surface area contributed by atoms with Crippen LogP contribution in [0.25, 0.3) is 0 Å². The van der Waals surface area contributed by atoms with Crippen LogP contribution in [0.15, 0.2) is 43.0 Å². The van der Waals surface area contributed by atoms with Crippen molar-refractivity contribution in [3.63, 3.8) is 0 Å². The highest BCUT2D eigenvalue weighted by Gasteiger charge is 2.09. The van der Waals surface area contributed by atoms with Crippen LogP contribution in [0, 0.1) is 0 Å². The smallest absolute Gasteiger partial charge is 0.234 e. The zero-order valence-corrected chi connectivity index (χ0v) is 11.8. The molecule has 1 aromatic carbocycles. The molecule has 0 spiro atoms. The lowest BCUT2D eigenvalue weighted by Crippen LogP contribution is -2.37. The van der Waals surface area contributed by atoms with Crippen LogP contribution in [0.5, 0.6) is 0 Å². The maximum Gasteiger partial charge on any atom is 0.234 e. The quantitative estimate of drug-likeness (QED) is 0.547. The van der Waals surface area contributed by atoms with E-state index in [4.69, 9.17) is 0 Å². The summed E-state index contributed by atoms with van der Waals surface area (Å²) in [5.74, 6) is 0.0891. The van der Waals surface area contributed by atoms with Gasteiger partial charge in [-0.05, 0) is 12.0 Å². The van der Waals surface area contributed by atoms with Gasteiger partial charge in [0.15, 0.2) is 0 Å². The minimum absolute atomic E-state index is 0.0891. The predicted molar refractivity (Wildman–Crippen MR) is 79.8 cm³/mol. The van der Waals surface area contributed by atoms with Gasteiger partial charge in [0.25, 0.3) is 0 Å². The lowest BCUT2D eigenvalue weighted by Gasteiger charge is -2.20. The average molecular weight is 260 g/mol. The van der Waals surface area contributed by atoms with Crippen LogP contribution in [-0.4, -0.2) is 30.4 Å². The molecule has 1 aromatic rings. The van der Waals surface area contributed by atoms with Gasteiger partial charge in [-0.1, -0.05) is 49.8 Å². The molecule has 0 aliphatic carbocycles. The molecule has 1 N–H and O–H groups in total. The summed E-state index contributed by atoms with van der Waals surface area (Å²) in [6.45, 7) is 8.55. The monoisotopic (exact) mass is 260 g/mol. The third-order valence-corrected chi connectivity index (χ3v) is 2.86. The molecule has 0 fully saturated rings. The number of nitrogens with zero attached hydrogens (tertiary/aromatic N) is 1. The van der Waals surface area contributed by atoms with E-state index < -0.39 is 0 Å². The second-order valence-corrected chi connectivity index (χ2v) is 4.65. The Kier molecular flexibility index (Phi) is 7.59. The molecule has 0 aliphatic heterocycles. The highest BCUT2D eigenvalue weighted by Crippen LogP contribution is 2.04. The van der Waals surface area contributed by atoms with Crippen molar-refractivity contribution in [2.45, 2.75) is 26.3 Å². The number of amides is 1. The van der Waals surface area contributed by atoms with Crippen LogP contribution < -0.4 is 5.32 Å². The molecule has 19 heavy (non-hydrogen) atoms. The normalized spacial score (nSPS) is 10.4. The molecule has 0 atom stereocenters. The van der Waals surface area contributed by atoms with Gasteiger partial charge in [-0.25, -0.2) is 0 Å². The molecule has 0 heterocycles. The first-order chi connectivity index (χ1) is 9.26. The number of nitrogens with one attached hydrogen (secondary N) is 1. The first-order valence-electron chi connectivity index (χ1n) is 6.90. The van der Waals surface area contributed by atoms with E-state index in [1.54, 1.807) is 0 Å². The lowest BCUT2D eigenvalue weighted by molar-refractivity contribution is -0.122. The molecule has 3 nitrogen and oxygen atoms in total. The van der Waals surface area contributed by atoms with Gasteiger partial charge in [0, 0.05) is 19.6 Å². The highest BCUT2D eigenvalue weighted by molar-refractivity contribution is 5.77. The van der Waals surface area contributed by atoms with Crippen LogP contribution in [-0.2, 0) is 11.3 Å². The van der Waals surface area contributed by atoms with E-state index in [0.29, 0.717) is 6.54 Å². The van der Waals surface area contributed by atoms with E-state index in [9.17, 15) is 4.79 Å². The number of hydrogen-bond acceptors (Lipinski definition) is 2. The van der Waals surface area contributed by atoms with Gasteiger partial charge in [0.1, 0.15) is 0 Å². The van der Waals surface area contributed by atoms with Crippen molar-refractivity contribution < 1.29 is 4.79 Å². The molecule has 3 heteroatoms. The topological polar surface area (TPSA) is 32.3 Å². The summed E-state index contributed by atoms with van der Waals surface area (Å²) in [6, 6.07) is 10.2. The van der Waals surface area contributed by atoms with Gasteiger partial charge in [0.05, 0.1) is 6.54 Å². The molecule has 0 bridgehead atoms.